The molecule has 1 aromatic rings. The number of nitrogens with one attached hydrogen (secondary N) is 1. The number of carbonyl (C=O) groups is 1. The fourth-order valence-corrected chi connectivity index (χ4v) is 3.31. The molecule has 4 nitrogen and oxygen atoms in total. The highest BCUT2D eigenvalue weighted by molar-refractivity contribution is 5.93. The van der Waals surface area contributed by atoms with Crippen molar-refractivity contribution in [3.8, 4) is 0 Å². The van der Waals surface area contributed by atoms with Crippen LogP contribution < -0.4 is 5.48 Å². The van der Waals surface area contributed by atoms with Crippen molar-refractivity contribution in [2.75, 3.05) is 13.1 Å². The number of hydrogen-bond donors (Lipinski definition) is 2. The van der Waals surface area contributed by atoms with E-state index in [2.05, 4.69) is 39.5 Å². The van der Waals surface area contributed by atoms with E-state index in [1.54, 1.807) is 11.5 Å². The van der Waals surface area contributed by atoms with Gasteiger partial charge in [0.1, 0.15) is 0 Å². The van der Waals surface area contributed by atoms with E-state index in [-0.39, 0.29) is 0 Å². The van der Waals surface area contributed by atoms with Gasteiger partial charge in [0.15, 0.2) is 0 Å². The summed E-state index contributed by atoms with van der Waals surface area (Å²) in [5, 5.41) is 8.73. The van der Waals surface area contributed by atoms with E-state index in [4.69, 9.17) is 5.21 Å². The van der Waals surface area contributed by atoms with E-state index in [9.17, 15) is 4.79 Å². The molecular weight excluding hydrogens is 288 g/mol. The van der Waals surface area contributed by atoms with Crippen molar-refractivity contribution in [3.63, 3.8) is 0 Å². The molecule has 130 valence electrons. The third-order valence-corrected chi connectivity index (χ3v) is 4.49. The van der Waals surface area contributed by atoms with Gasteiger partial charge < -0.3 is 4.90 Å². The number of carbonyl (C=O) groups excluding carboxylic acids is 1. The van der Waals surface area contributed by atoms with Crippen LogP contribution in [0.1, 0.15) is 68.4 Å². The first-order chi connectivity index (χ1) is 10.8. The van der Waals surface area contributed by atoms with Crippen LogP contribution in [0.2, 0.25) is 0 Å². The van der Waals surface area contributed by atoms with Crippen molar-refractivity contribution in [2.24, 2.45) is 5.92 Å². The van der Waals surface area contributed by atoms with Crippen molar-refractivity contribution >= 4 is 5.91 Å². The third kappa shape index (κ3) is 5.63. The second-order valence-corrected chi connectivity index (χ2v) is 6.98. The lowest BCUT2D eigenvalue weighted by Crippen LogP contribution is -2.36. The Morgan fingerprint density at radius 2 is 1.91 bits per heavy atom. The van der Waals surface area contributed by atoms with Crippen LogP contribution in [0.5, 0.6) is 0 Å². The number of hydroxylamine groups is 1. The van der Waals surface area contributed by atoms with Crippen molar-refractivity contribution in [1.82, 2.24) is 10.4 Å². The Morgan fingerprint density at radius 1 is 1.26 bits per heavy atom. The second kappa shape index (κ2) is 9.04. The summed E-state index contributed by atoms with van der Waals surface area (Å²) in [6.07, 6.45) is 1.09. The minimum atomic E-state index is -0.463. The van der Waals surface area contributed by atoms with E-state index < -0.39 is 5.91 Å². The Morgan fingerprint density at radius 3 is 2.39 bits per heavy atom. The van der Waals surface area contributed by atoms with Crippen LogP contribution in [0.4, 0.5) is 0 Å². The maximum Gasteiger partial charge on any atom is 0.274 e. The van der Waals surface area contributed by atoms with Gasteiger partial charge in [0, 0.05) is 18.2 Å². The van der Waals surface area contributed by atoms with Crippen LogP contribution >= 0.6 is 0 Å². The molecule has 2 atom stereocenters. The molecule has 23 heavy (non-hydrogen) atoms. The molecule has 0 fully saturated rings. The van der Waals surface area contributed by atoms with Crippen LogP contribution in [0, 0.1) is 12.8 Å². The standard InChI is InChI=1S/C19H32N2O2/c1-7-21(12-13(2)3)16(6)10-14(4)18-9-8-17(11-15(18)5)19(22)20-23/h8-9,11,13-14,16,23H,7,10,12H2,1-6H3,(H,20,22). The predicted molar refractivity (Wildman–Crippen MR) is 95.0 cm³/mol. The number of amides is 1. The average Bonchev–Trinajstić information content (AvgIpc) is 2.50. The van der Waals surface area contributed by atoms with Gasteiger partial charge in [-0.05, 0) is 61.9 Å². The van der Waals surface area contributed by atoms with Gasteiger partial charge in [-0.25, -0.2) is 5.48 Å². The monoisotopic (exact) mass is 320 g/mol. The topological polar surface area (TPSA) is 52.6 Å². The van der Waals surface area contributed by atoms with E-state index in [0.717, 1.165) is 25.1 Å². The minimum absolute atomic E-state index is 0.428. The minimum Gasteiger partial charge on any atom is -0.301 e. The molecular formula is C19H32N2O2. The van der Waals surface area contributed by atoms with E-state index in [1.807, 2.05) is 19.1 Å². The summed E-state index contributed by atoms with van der Waals surface area (Å²) < 4.78 is 0. The zero-order chi connectivity index (χ0) is 17.6. The second-order valence-electron chi connectivity index (χ2n) is 6.98. The number of hydrogen-bond acceptors (Lipinski definition) is 3. The SMILES string of the molecule is CCN(CC(C)C)C(C)CC(C)c1ccc(C(=O)NO)cc1C. The van der Waals surface area contributed by atoms with Crippen molar-refractivity contribution < 1.29 is 10.0 Å². The van der Waals surface area contributed by atoms with Gasteiger partial charge >= 0.3 is 0 Å². The highest BCUT2D eigenvalue weighted by Gasteiger charge is 2.19. The van der Waals surface area contributed by atoms with E-state index >= 15 is 0 Å². The van der Waals surface area contributed by atoms with Gasteiger partial charge in [0.05, 0.1) is 0 Å². The average molecular weight is 320 g/mol. The summed E-state index contributed by atoms with van der Waals surface area (Å²) in [5.74, 6) is 0.637. The number of nitrogens with zero attached hydrogens (tertiary/aromatic N) is 1. The van der Waals surface area contributed by atoms with Gasteiger partial charge in [-0.3, -0.25) is 10.0 Å². The van der Waals surface area contributed by atoms with Crippen molar-refractivity contribution in [3.05, 3.63) is 34.9 Å². The third-order valence-electron chi connectivity index (χ3n) is 4.49. The molecule has 0 aliphatic heterocycles. The van der Waals surface area contributed by atoms with Gasteiger partial charge in [-0.1, -0.05) is 33.8 Å². The van der Waals surface area contributed by atoms with Crippen LogP contribution in [-0.4, -0.2) is 35.1 Å². The predicted octanol–water partition coefficient (Wildman–Crippen LogP) is 3.97. The molecule has 2 N–H and O–H groups in total. The molecule has 1 aromatic carbocycles. The Bertz CT molecular complexity index is 514. The normalized spacial score (nSPS) is 14.1. The molecule has 1 amide bonds. The van der Waals surface area contributed by atoms with Crippen molar-refractivity contribution in [2.45, 2.75) is 59.9 Å². The molecule has 0 radical (unpaired) electrons. The maximum absolute atomic E-state index is 11.5. The first kappa shape index (κ1) is 19.7. The maximum atomic E-state index is 11.5. The molecule has 0 saturated heterocycles. The van der Waals surface area contributed by atoms with Crippen LogP contribution in [0.3, 0.4) is 0 Å². The molecule has 0 bridgehead atoms. The van der Waals surface area contributed by atoms with E-state index in [1.165, 1.54) is 5.56 Å². The van der Waals surface area contributed by atoms with Gasteiger partial charge in [0.25, 0.3) is 5.91 Å². The Kier molecular flexibility index (Phi) is 7.73. The quantitative estimate of drug-likeness (QED) is 0.563. The van der Waals surface area contributed by atoms with E-state index in [0.29, 0.717) is 23.4 Å². The first-order valence-corrected chi connectivity index (χ1v) is 8.59. The molecule has 4 heteroatoms. The lowest BCUT2D eigenvalue weighted by molar-refractivity contribution is 0.0706. The van der Waals surface area contributed by atoms with Gasteiger partial charge in [-0.2, -0.15) is 0 Å². The molecule has 0 aliphatic rings. The lowest BCUT2D eigenvalue weighted by Gasteiger charge is -2.31. The Hall–Kier alpha value is -1.39. The largest absolute Gasteiger partial charge is 0.301 e. The summed E-state index contributed by atoms with van der Waals surface area (Å²) in [4.78, 5) is 14.0. The smallest absolute Gasteiger partial charge is 0.274 e. The summed E-state index contributed by atoms with van der Waals surface area (Å²) in [7, 11) is 0. The highest BCUT2D eigenvalue weighted by Crippen LogP contribution is 2.26. The lowest BCUT2D eigenvalue weighted by atomic mass is 9.89. The number of benzene rings is 1. The fourth-order valence-electron chi connectivity index (χ4n) is 3.31. The van der Waals surface area contributed by atoms with Gasteiger partial charge in [0.2, 0.25) is 0 Å². The Labute approximate surface area is 140 Å². The molecule has 0 aliphatic carbocycles. The zero-order valence-corrected chi connectivity index (χ0v) is 15.4. The zero-order valence-electron chi connectivity index (χ0n) is 15.4. The highest BCUT2D eigenvalue weighted by atomic mass is 16.5. The summed E-state index contributed by atoms with van der Waals surface area (Å²) >= 11 is 0. The summed E-state index contributed by atoms with van der Waals surface area (Å²) in [6, 6.07) is 6.15. The molecule has 0 saturated carbocycles. The Balaban J connectivity index is 2.81. The molecule has 1 rings (SSSR count). The van der Waals surface area contributed by atoms with Crippen LogP contribution in [0.15, 0.2) is 18.2 Å². The number of aryl methyl sites for hydroxylation is 1. The van der Waals surface area contributed by atoms with Crippen LogP contribution in [-0.2, 0) is 0 Å². The first-order valence-electron chi connectivity index (χ1n) is 8.59. The number of rotatable bonds is 8. The summed E-state index contributed by atoms with van der Waals surface area (Å²) in [6.45, 7) is 15.5. The van der Waals surface area contributed by atoms with Crippen molar-refractivity contribution in [1.29, 1.82) is 0 Å². The molecule has 0 heterocycles. The molecule has 0 spiro atoms. The van der Waals surface area contributed by atoms with Crippen LogP contribution in [0.25, 0.3) is 0 Å². The summed E-state index contributed by atoms with van der Waals surface area (Å²) in [5.41, 5.74) is 4.54. The molecule has 0 aromatic heterocycles. The molecule has 2 unspecified atom stereocenters. The van der Waals surface area contributed by atoms with Gasteiger partial charge in [-0.15, -0.1) is 0 Å². The fraction of sp³-hybridized carbons (Fsp3) is 0.632.